The van der Waals surface area contributed by atoms with Crippen LogP contribution in [0.1, 0.15) is 43.9 Å². The van der Waals surface area contributed by atoms with Crippen molar-refractivity contribution in [2.24, 2.45) is 0 Å². The van der Waals surface area contributed by atoms with Crippen LogP contribution in [0, 0.1) is 10.1 Å². The number of benzene rings is 3. The van der Waals surface area contributed by atoms with E-state index in [0.717, 1.165) is 17.7 Å². The number of nitrogens with zero attached hydrogens (tertiary/aromatic N) is 2. The maximum atomic E-state index is 13.2. The minimum atomic E-state index is -0.575. The number of hydrogen-bond acceptors (Lipinski definition) is 6. The molecule has 33 heavy (non-hydrogen) atoms. The van der Waals surface area contributed by atoms with Crippen molar-refractivity contribution in [1.82, 2.24) is 5.32 Å². The van der Waals surface area contributed by atoms with Crippen molar-refractivity contribution >= 4 is 39.9 Å². The second-order valence-corrected chi connectivity index (χ2v) is 7.96. The number of hydrogen-bond donors (Lipinski definition) is 1. The number of carbonyl (C=O) groups is 3. The Labute approximate surface area is 188 Å². The maximum absolute atomic E-state index is 13.2. The summed E-state index contributed by atoms with van der Waals surface area (Å²) in [4.78, 5) is 50.7. The fourth-order valence-electron chi connectivity index (χ4n) is 4.35. The SMILES string of the molecule is O=C(NCC1CCCO1)c1ccc(N2C(=O)c3cccc4c([N+](=O)[O-])ccc(c34)C2=O)cc1. The second-order valence-electron chi connectivity index (χ2n) is 7.96. The first-order chi connectivity index (χ1) is 16.0. The van der Waals surface area contributed by atoms with Crippen molar-refractivity contribution in [3.05, 3.63) is 81.4 Å². The van der Waals surface area contributed by atoms with Gasteiger partial charge in [-0.05, 0) is 55.3 Å². The molecule has 2 aliphatic rings. The molecule has 0 aliphatic carbocycles. The third-order valence-corrected chi connectivity index (χ3v) is 5.98. The van der Waals surface area contributed by atoms with Crippen LogP contribution in [-0.2, 0) is 4.74 Å². The van der Waals surface area contributed by atoms with Crippen molar-refractivity contribution in [3.63, 3.8) is 0 Å². The van der Waals surface area contributed by atoms with Crippen LogP contribution in [0.3, 0.4) is 0 Å². The lowest BCUT2D eigenvalue weighted by atomic mass is 9.92. The highest BCUT2D eigenvalue weighted by Gasteiger charge is 2.35. The monoisotopic (exact) mass is 445 g/mol. The highest BCUT2D eigenvalue weighted by atomic mass is 16.6. The Morgan fingerprint density at radius 1 is 1.06 bits per heavy atom. The van der Waals surface area contributed by atoms with Crippen molar-refractivity contribution in [2.45, 2.75) is 18.9 Å². The van der Waals surface area contributed by atoms with Crippen molar-refractivity contribution in [3.8, 4) is 0 Å². The number of nitro groups is 1. The summed E-state index contributed by atoms with van der Waals surface area (Å²) in [5, 5.41) is 14.7. The van der Waals surface area contributed by atoms with Crippen LogP contribution >= 0.6 is 0 Å². The molecule has 1 saturated heterocycles. The van der Waals surface area contributed by atoms with Gasteiger partial charge in [-0.2, -0.15) is 0 Å². The molecule has 5 rings (SSSR count). The van der Waals surface area contributed by atoms with Gasteiger partial charge in [-0.25, -0.2) is 4.90 Å². The molecule has 9 heteroatoms. The summed E-state index contributed by atoms with van der Waals surface area (Å²) in [5.41, 5.74) is 0.963. The van der Waals surface area contributed by atoms with Gasteiger partial charge in [0.1, 0.15) is 0 Å². The zero-order valence-corrected chi connectivity index (χ0v) is 17.4. The highest BCUT2D eigenvalue weighted by molar-refractivity contribution is 6.36. The predicted molar refractivity (Wildman–Crippen MR) is 119 cm³/mol. The van der Waals surface area contributed by atoms with Crippen LogP contribution in [-0.4, -0.2) is 41.9 Å². The first-order valence-electron chi connectivity index (χ1n) is 10.5. The molecule has 9 nitrogen and oxygen atoms in total. The molecule has 1 unspecified atom stereocenters. The summed E-state index contributed by atoms with van der Waals surface area (Å²) >= 11 is 0. The van der Waals surface area contributed by atoms with E-state index in [0.29, 0.717) is 24.4 Å². The first kappa shape index (κ1) is 20.8. The van der Waals surface area contributed by atoms with Crippen LogP contribution in [0.5, 0.6) is 0 Å². The molecule has 1 atom stereocenters. The molecule has 0 aromatic heterocycles. The van der Waals surface area contributed by atoms with Gasteiger partial charge in [-0.3, -0.25) is 24.5 Å². The Bertz CT molecular complexity index is 1290. The largest absolute Gasteiger partial charge is 0.376 e. The smallest absolute Gasteiger partial charge is 0.277 e. The molecule has 0 radical (unpaired) electrons. The lowest BCUT2D eigenvalue weighted by Crippen LogP contribution is -2.40. The van der Waals surface area contributed by atoms with E-state index in [1.165, 1.54) is 30.3 Å². The molecule has 2 aliphatic heterocycles. The van der Waals surface area contributed by atoms with Gasteiger partial charge in [-0.15, -0.1) is 0 Å². The zero-order chi connectivity index (χ0) is 23.1. The topological polar surface area (TPSA) is 119 Å². The minimum Gasteiger partial charge on any atom is -0.376 e. The van der Waals surface area contributed by atoms with Crippen LogP contribution in [0.15, 0.2) is 54.6 Å². The summed E-state index contributed by atoms with van der Waals surface area (Å²) in [6.07, 6.45) is 1.92. The van der Waals surface area contributed by atoms with Gasteiger partial charge < -0.3 is 10.1 Å². The molecule has 1 fully saturated rings. The molecular weight excluding hydrogens is 426 g/mol. The molecule has 1 N–H and O–H groups in total. The maximum Gasteiger partial charge on any atom is 0.277 e. The quantitative estimate of drug-likeness (QED) is 0.365. The van der Waals surface area contributed by atoms with Gasteiger partial charge in [0.15, 0.2) is 0 Å². The molecule has 0 saturated carbocycles. The number of nitrogens with one attached hydrogen (secondary N) is 1. The van der Waals surface area contributed by atoms with E-state index in [1.807, 2.05) is 0 Å². The molecular formula is C24H19N3O6. The third kappa shape index (κ3) is 3.52. The highest BCUT2D eigenvalue weighted by Crippen LogP contribution is 2.36. The number of ether oxygens (including phenoxy) is 1. The number of nitro benzene ring substituents is 1. The Morgan fingerprint density at radius 3 is 2.45 bits per heavy atom. The normalized spacial score (nSPS) is 17.5. The van der Waals surface area contributed by atoms with E-state index < -0.39 is 16.7 Å². The van der Waals surface area contributed by atoms with E-state index in [9.17, 15) is 24.5 Å². The summed E-state index contributed by atoms with van der Waals surface area (Å²) in [6.45, 7) is 1.13. The van der Waals surface area contributed by atoms with Gasteiger partial charge in [-0.1, -0.05) is 6.07 Å². The Hall–Kier alpha value is -4.11. The fraction of sp³-hybridized carbons (Fsp3) is 0.208. The second kappa shape index (κ2) is 8.10. The number of non-ortho nitro benzene ring substituents is 1. The lowest BCUT2D eigenvalue weighted by Gasteiger charge is -2.27. The van der Waals surface area contributed by atoms with Crippen LogP contribution in [0.25, 0.3) is 10.8 Å². The fourth-order valence-corrected chi connectivity index (χ4v) is 4.35. The van der Waals surface area contributed by atoms with Gasteiger partial charge in [0, 0.05) is 41.3 Å². The van der Waals surface area contributed by atoms with Crippen molar-refractivity contribution < 1.29 is 24.0 Å². The molecule has 166 valence electrons. The van der Waals surface area contributed by atoms with Gasteiger partial charge in [0.2, 0.25) is 0 Å². The van der Waals surface area contributed by atoms with Crippen molar-refractivity contribution in [2.75, 3.05) is 18.1 Å². The molecule has 3 aromatic carbocycles. The zero-order valence-electron chi connectivity index (χ0n) is 17.4. The van der Waals surface area contributed by atoms with E-state index >= 15 is 0 Å². The number of anilines is 1. The Kier molecular flexibility index (Phi) is 5.10. The summed E-state index contributed by atoms with van der Waals surface area (Å²) < 4.78 is 5.50. The predicted octanol–water partition coefficient (Wildman–Crippen LogP) is 3.46. The molecule has 0 bridgehead atoms. The van der Waals surface area contributed by atoms with Crippen molar-refractivity contribution in [1.29, 1.82) is 0 Å². The Morgan fingerprint density at radius 2 is 1.79 bits per heavy atom. The molecule has 3 amide bonds. The number of imide groups is 1. The van der Waals surface area contributed by atoms with E-state index in [2.05, 4.69) is 5.32 Å². The minimum absolute atomic E-state index is 0.0235. The van der Waals surface area contributed by atoms with Gasteiger partial charge in [0.25, 0.3) is 23.4 Å². The lowest BCUT2D eigenvalue weighted by molar-refractivity contribution is -0.383. The number of carbonyl (C=O) groups excluding carboxylic acids is 3. The summed E-state index contributed by atoms with van der Waals surface area (Å²) in [7, 11) is 0. The molecule has 0 spiro atoms. The molecule has 2 heterocycles. The Balaban J connectivity index is 1.43. The summed E-state index contributed by atoms with van der Waals surface area (Å²) in [5.74, 6) is -1.42. The van der Waals surface area contributed by atoms with Crippen LogP contribution in [0.4, 0.5) is 11.4 Å². The summed E-state index contributed by atoms with van der Waals surface area (Å²) in [6, 6.07) is 13.4. The van der Waals surface area contributed by atoms with E-state index in [1.54, 1.807) is 24.3 Å². The average Bonchev–Trinajstić information content (AvgIpc) is 3.35. The van der Waals surface area contributed by atoms with Gasteiger partial charge in [0.05, 0.1) is 22.1 Å². The average molecular weight is 445 g/mol. The van der Waals surface area contributed by atoms with Crippen LogP contribution < -0.4 is 10.2 Å². The first-order valence-corrected chi connectivity index (χ1v) is 10.5. The molecule has 3 aromatic rings. The third-order valence-electron chi connectivity index (χ3n) is 5.98. The van der Waals surface area contributed by atoms with Crippen LogP contribution in [0.2, 0.25) is 0 Å². The standard InChI is InChI=1S/C24H19N3O6/c28-22(25-13-16-3-2-12-33-16)14-6-8-15(9-7-14)26-23(29)18-5-1-4-17-20(27(31)32)11-10-19(21(17)18)24(26)30/h1,4-11,16H,2-3,12-13H2,(H,25,28). The van der Waals surface area contributed by atoms with E-state index in [-0.39, 0.29) is 39.6 Å². The number of amides is 3. The van der Waals surface area contributed by atoms with Gasteiger partial charge >= 0.3 is 0 Å². The van der Waals surface area contributed by atoms with E-state index in [4.69, 9.17) is 4.74 Å². The number of rotatable bonds is 5.